The van der Waals surface area contributed by atoms with E-state index in [1.807, 2.05) is 6.92 Å². The van der Waals surface area contributed by atoms with Gasteiger partial charge in [0.05, 0.1) is 5.69 Å². The first-order valence-electron chi connectivity index (χ1n) is 5.27. The van der Waals surface area contributed by atoms with Crippen molar-refractivity contribution in [2.75, 3.05) is 11.9 Å². The van der Waals surface area contributed by atoms with Gasteiger partial charge in [0.2, 0.25) is 5.91 Å². The Morgan fingerprint density at radius 1 is 1.65 bits per heavy atom. The number of halogens is 1. The number of benzene rings is 1. The number of anilines is 1. The molecule has 1 unspecified atom stereocenters. The first-order chi connectivity index (χ1) is 8.08. The lowest BCUT2D eigenvalue weighted by Crippen LogP contribution is -2.20. The zero-order valence-electron chi connectivity index (χ0n) is 9.53. The molecular weight excluding hydrogens is 221 g/mol. The van der Waals surface area contributed by atoms with Gasteiger partial charge in [-0.05, 0) is 24.6 Å². The van der Waals surface area contributed by atoms with Gasteiger partial charge in [0.1, 0.15) is 17.4 Å². The largest absolute Gasteiger partial charge is 0.330 e. The molecule has 17 heavy (non-hydrogen) atoms. The van der Waals surface area contributed by atoms with E-state index in [2.05, 4.69) is 5.32 Å². The fraction of sp³-hybridized carbons (Fsp3) is 0.333. The number of nitrogens with two attached hydrogens (primary N) is 1. The van der Waals surface area contributed by atoms with Crippen LogP contribution in [0.25, 0.3) is 0 Å². The third-order valence-corrected chi connectivity index (χ3v) is 2.34. The molecule has 3 N–H and O–H groups in total. The highest BCUT2D eigenvalue weighted by molar-refractivity contribution is 5.92. The molecule has 0 aromatic heterocycles. The molecule has 0 aliphatic carbocycles. The molecule has 90 valence electrons. The molecule has 5 heteroatoms. The van der Waals surface area contributed by atoms with Gasteiger partial charge >= 0.3 is 0 Å². The number of nitrogens with one attached hydrogen (secondary N) is 1. The van der Waals surface area contributed by atoms with Crippen LogP contribution in [0.1, 0.15) is 18.9 Å². The summed E-state index contributed by atoms with van der Waals surface area (Å²) in [5.41, 5.74) is 5.45. The van der Waals surface area contributed by atoms with Crippen LogP contribution >= 0.6 is 0 Å². The molecule has 1 aromatic carbocycles. The molecule has 0 bridgehead atoms. The molecule has 0 heterocycles. The van der Waals surface area contributed by atoms with Gasteiger partial charge in [-0.3, -0.25) is 4.79 Å². The van der Waals surface area contributed by atoms with Gasteiger partial charge in [0.25, 0.3) is 0 Å². The molecule has 0 aliphatic rings. The van der Waals surface area contributed by atoms with Crippen molar-refractivity contribution in [2.24, 2.45) is 11.7 Å². The highest BCUT2D eigenvalue weighted by Gasteiger charge is 2.12. The molecular formula is C12H14FN3O. The van der Waals surface area contributed by atoms with E-state index in [0.29, 0.717) is 6.54 Å². The summed E-state index contributed by atoms with van der Waals surface area (Å²) in [6.45, 7) is 2.25. The van der Waals surface area contributed by atoms with Crippen LogP contribution in [0.4, 0.5) is 10.1 Å². The van der Waals surface area contributed by atoms with Crippen molar-refractivity contribution >= 4 is 11.6 Å². The van der Waals surface area contributed by atoms with E-state index in [-0.39, 0.29) is 29.5 Å². The average molecular weight is 235 g/mol. The van der Waals surface area contributed by atoms with E-state index in [0.717, 1.165) is 0 Å². The van der Waals surface area contributed by atoms with Crippen molar-refractivity contribution in [1.82, 2.24) is 0 Å². The van der Waals surface area contributed by atoms with E-state index in [4.69, 9.17) is 11.0 Å². The van der Waals surface area contributed by atoms with Gasteiger partial charge in [0.15, 0.2) is 0 Å². The standard InChI is InChI=1S/C12H14FN3O/c1-8(6-14)5-12(17)16-11-4-2-3-10(13)9(11)7-15/h2-4,8H,5-6,14H2,1H3,(H,16,17). The summed E-state index contributed by atoms with van der Waals surface area (Å²) in [4.78, 5) is 11.6. The quantitative estimate of drug-likeness (QED) is 0.832. The summed E-state index contributed by atoms with van der Waals surface area (Å²) in [5.74, 6) is -0.865. The number of amides is 1. The van der Waals surface area contributed by atoms with E-state index in [1.165, 1.54) is 18.2 Å². The summed E-state index contributed by atoms with van der Waals surface area (Å²) in [5, 5.41) is 11.3. The van der Waals surface area contributed by atoms with Crippen molar-refractivity contribution < 1.29 is 9.18 Å². The van der Waals surface area contributed by atoms with Gasteiger partial charge in [0, 0.05) is 6.42 Å². The predicted molar refractivity (Wildman–Crippen MR) is 62.6 cm³/mol. The lowest BCUT2D eigenvalue weighted by Gasteiger charge is -2.10. The fourth-order valence-electron chi connectivity index (χ4n) is 1.34. The first kappa shape index (κ1) is 13.1. The highest BCUT2D eigenvalue weighted by Crippen LogP contribution is 2.18. The minimum Gasteiger partial charge on any atom is -0.330 e. The highest BCUT2D eigenvalue weighted by atomic mass is 19.1. The zero-order chi connectivity index (χ0) is 12.8. The minimum absolute atomic E-state index is 0.0501. The third-order valence-electron chi connectivity index (χ3n) is 2.34. The van der Waals surface area contributed by atoms with Crippen molar-refractivity contribution in [1.29, 1.82) is 5.26 Å². The second-order valence-electron chi connectivity index (χ2n) is 3.87. The number of hydrogen-bond acceptors (Lipinski definition) is 3. The molecule has 1 amide bonds. The van der Waals surface area contributed by atoms with E-state index >= 15 is 0 Å². The van der Waals surface area contributed by atoms with Crippen LogP contribution in [0, 0.1) is 23.1 Å². The number of rotatable bonds is 4. The smallest absolute Gasteiger partial charge is 0.224 e. The Kier molecular flexibility index (Phi) is 4.61. The Labute approximate surface area is 99.2 Å². The summed E-state index contributed by atoms with van der Waals surface area (Å²) in [6, 6.07) is 5.83. The molecule has 0 saturated carbocycles. The van der Waals surface area contributed by atoms with Crippen LogP contribution in [0.2, 0.25) is 0 Å². The maximum absolute atomic E-state index is 13.2. The van der Waals surface area contributed by atoms with Gasteiger partial charge in [-0.15, -0.1) is 0 Å². The van der Waals surface area contributed by atoms with Crippen LogP contribution in [0.3, 0.4) is 0 Å². The van der Waals surface area contributed by atoms with Crippen LogP contribution in [0.15, 0.2) is 18.2 Å². The van der Waals surface area contributed by atoms with Crippen LogP contribution in [-0.2, 0) is 4.79 Å². The maximum atomic E-state index is 13.2. The molecule has 1 aromatic rings. The molecule has 0 aliphatic heterocycles. The molecule has 0 spiro atoms. The number of carbonyl (C=O) groups excluding carboxylic acids is 1. The third kappa shape index (κ3) is 3.54. The second-order valence-corrected chi connectivity index (χ2v) is 3.87. The second kappa shape index (κ2) is 5.97. The van der Waals surface area contributed by atoms with E-state index in [9.17, 15) is 9.18 Å². The summed E-state index contributed by atoms with van der Waals surface area (Å²) < 4.78 is 13.2. The molecule has 0 fully saturated rings. The Morgan fingerprint density at radius 3 is 2.94 bits per heavy atom. The lowest BCUT2D eigenvalue weighted by atomic mass is 10.1. The van der Waals surface area contributed by atoms with Crippen LogP contribution in [0.5, 0.6) is 0 Å². The minimum atomic E-state index is -0.642. The van der Waals surface area contributed by atoms with Crippen molar-refractivity contribution in [3.05, 3.63) is 29.6 Å². The van der Waals surface area contributed by atoms with Crippen LogP contribution < -0.4 is 11.1 Å². The monoisotopic (exact) mass is 235 g/mol. The normalized spacial score (nSPS) is 11.6. The molecule has 4 nitrogen and oxygen atoms in total. The molecule has 1 atom stereocenters. The van der Waals surface area contributed by atoms with Gasteiger partial charge in [-0.1, -0.05) is 13.0 Å². The maximum Gasteiger partial charge on any atom is 0.224 e. The lowest BCUT2D eigenvalue weighted by molar-refractivity contribution is -0.116. The summed E-state index contributed by atoms with van der Waals surface area (Å²) in [7, 11) is 0. The summed E-state index contributed by atoms with van der Waals surface area (Å²) >= 11 is 0. The van der Waals surface area contributed by atoms with Crippen molar-refractivity contribution in [3.8, 4) is 6.07 Å². The topological polar surface area (TPSA) is 78.9 Å². The number of carbonyl (C=O) groups is 1. The summed E-state index contributed by atoms with van der Waals surface area (Å²) in [6.07, 6.45) is 0.248. The zero-order valence-corrected chi connectivity index (χ0v) is 9.53. The molecule has 0 radical (unpaired) electrons. The van der Waals surface area contributed by atoms with Crippen molar-refractivity contribution in [3.63, 3.8) is 0 Å². The van der Waals surface area contributed by atoms with Crippen molar-refractivity contribution in [2.45, 2.75) is 13.3 Å². The fourth-order valence-corrected chi connectivity index (χ4v) is 1.34. The SMILES string of the molecule is CC(CN)CC(=O)Nc1cccc(F)c1C#N. The van der Waals surface area contributed by atoms with Crippen LogP contribution in [-0.4, -0.2) is 12.5 Å². The van der Waals surface area contributed by atoms with E-state index < -0.39 is 5.82 Å². The number of hydrogen-bond donors (Lipinski definition) is 2. The van der Waals surface area contributed by atoms with Gasteiger partial charge in [-0.2, -0.15) is 5.26 Å². The van der Waals surface area contributed by atoms with E-state index in [1.54, 1.807) is 6.07 Å². The van der Waals surface area contributed by atoms with Gasteiger partial charge in [-0.25, -0.2) is 4.39 Å². The predicted octanol–water partition coefficient (Wildman–Crippen LogP) is 1.62. The van der Waals surface area contributed by atoms with Gasteiger partial charge < -0.3 is 11.1 Å². The Balaban J connectivity index is 2.79. The Hall–Kier alpha value is -1.93. The Morgan fingerprint density at radius 2 is 2.35 bits per heavy atom. The number of nitrogens with zero attached hydrogens (tertiary/aromatic N) is 1. The first-order valence-corrected chi connectivity index (χ1v) is 5.27. The molecule has 0 saturated heterocycles. The molecule has 1 rings (SSSR count). The average Bonchev–Trinajstić information content (AvgIpc) is 2.29. The number of nitriles is 1. The Bertz CT molecular complexity index is 454.